The third kappa shape index (κ3) is 4.38. The summed E-state index contributed by atoms with van der Waals surface area (Å²) in [7, 11) is 0. The van der Waals surface area contributed by atoms with E-state index >= 15 is 0 Å². The number of carbonyl (C=O) groups is 1. The number of amides is 1. The van der Waals surface area contributed by atoms with E-state index in [0.29, 0.717) is 23.8 Å². The first-order chi connectivity index (χ1) is 14.0. The number of piperidine rings is 1. The normalized spacial score (nSPS) is 15.2. The average Bonchev–Trinajstić information content (AvgIpc) is 3.27. The van der Waals surface area contributed by atoms with Crippen molar-refractivity contribution in [2.45, 2.75) is 46.6 Å². The van der Waals surface area contributed by atoms with Gasteiger partial charge in [0.1, 0.15) is 11.6 Å². The number of fused-ring (bicyclic) bond motifs is 1. The monoisotopic (exact) mass is 397 g/mol. The Morgan fingerprint density at radius 2 is 1.97 bits per heavy atom. The lowest BCUT2D eigenvalue weighted by molar-refractivity contribution is -0.125. The van der Waals surface area contributed by atoms with Gasteiger partial charge in [-0.3, -0.25) is 9.48 Å². The van der Waals surface area contributed by atoms with Crippen LogP contribution in [-0.4, -0.2) is 50.3 Å². The molecular formula is C20H27N7O2. The van der Waals surface area contributed by atoms with Crippen molar-refractivity contribution in [2.75, 3.05) is 24.5 Å². The fraction of sp³-hybridized carbons (Fsp3) is 0.550. The summed E-state index contributed by atoms with van der Waals surface area (Å²) in [6.45, 7) is 8.68. The molecule has 4 rings (SSSR count). The number of anilines is 1. The zero-order valence-electron chi connectivity index (χ0n) is 17.2. The molecule has 9 heteroatoms. The van der Waals surface area contributed by atoms with E-state index in [1.54, 1.807) is 0 Å². The number of nitrogens with one attached hydrogen (secondary N) is 1. The second-order valence-corrected chi connectivity index (χ2v) is 7.61. The van der Waals surface area contributed by atoms with Gasteiger partial charge in [-0.1, -0.05) is 0 Å². The van der Waals surface area contributed by atoms with Gasteiger partial charge >= 0.3 is 0 Å². The Labute approximate surface area is 169 Å². The molecule has 0 bridgehead atoms. The van der Waals surface area contributed by atoms with Gasteiger partial charge in [0.2, 0.25) is 11.6 Å². The molecular weight excluding hydrogens is 370 g/mol. The van der Waals surface area contributed by atoms with Gasteiger partial charge < -0.3 is 14.6 Å². The fourth-order valence-corrected chi connectivity index (χ4v) is 3.73. The highest BCUT2D eigenvalue weighted by molar-refractivity contribution is 5.79. The van der Waals surface area contributed by atoms with Crippen molar-refractivity contribution in [1.29, 1.82) is 0 Å². The van der Waals surface area contributed by atoms with E-state index in [1.807, 2.05) is 37.6 Å². The van der Waals surface area contributed by atoms with Crippen molar-refractivity contribution in [1.82, 2.24) is 30.0 Å². The molecule has 0 unspecified atom stereocenters. The van der Waals surface area contributed by atoms with E-state index in [-0.39, 0.29) is 11.8 Å². The SMILES string of the molecule is Cc1ccc2oc(N3CCC(C(=O)NCCCn4nc(C)nc4C)CC3)nc2n1. The van der Waals surface area contributed by atoms with Crippen LogP contribution < -0.4 is 10.2 Å². The summed E-state index contributed by atoms with van der Waals surface area (Å²) >= 11 is 0. The summed E-state index contributed by atoms with van der Waals surface area (Å²) in [5.74, 6) is 1.85. The topological polar surface area (TPSA) is 102 Å². The molecule has 1 fully saturated rings. The zero-order chi connectivity index (χ0) is 20.4. The molecule has 3 aromatic heterocycles. The van der Waals surface area contributed by atoms with Gasteiger partial charge in [-0.25, -0.2) is 9.97 Å². The van der Waals surface area contributed by atoms with Crippen LogP contribution in [0.1, 0.15) is 36.6 Å². The lowest BCUT2D eigenvalue weighted by Gasteiger charge is -2.30. The van der Waals surface area contributed by atoms with Crippen molar-refractivity contribution in [3.8, 4) is 0 Å². The standard InChI is InChI=1S/C20H27N7O2/c1-13-5-6-17-18(22-13)24-20(29-17)26-11-7-16(8-12-26)19(28)21-9-4-10-27-15(3)23-14(2)25-27/h5-6,16H,4,7-12H2,1-3H3,(H,21,28). The van der Waals surface area contributed by atoms with E-state index in [4.69, 9.17) is 4.42 Å². The number of hydrogen-bond acceptors (Lipinski definition) is 7. The Balaban J connectivity index is 1.23. The molecule has 0 aliphatic carbocycles. The van der Waals surface area contributed by atoms with E-state index in [2.05, 4.69) is 30.3 Å². The summed E-state index contributed by atoms with van der Waals surface area (Å²) in [6, 6.07) is 4.41. The first-order valence-corrected chi connectivity index (χ1v) is 10.1. The first kappa shape index (κ1) is 19.4. The molecule has 3 aromatic rings. The van der Waals surface area contributed by atoms with E-state index < -0.39 is 0 Å². The largest absolute Gasteiger partial charge is 0.422 e. The predicted molar refractivity (Wildman–Crippen MR) is 109 cm³/mol. The van der Waals surface area contributed by atoms with Crippen molar-refractivity contribution in [2.24, 2.45) is 5.92 Å². The van der Waals surface area contributed by atoms with Gasteiger partial charge in [-0.15, -0.1) is 0 Å². The Morgan fingerprint density at radius 3 is 2.69 bits per heavy atom. The van der Waals surface area contributed by atoms with Crippen LogP contribution in [0.15, 0.2) is 16.5 Å². The molecule has 0 spiro atoms. The summed E-state index contributed by atoms with van der Waals surface area (Å²) < 4.78 is 7.72. The third-order valence-corrected chi connectivity index (χ3v) is 5.33. The molecule has 154 valence electrons. The quantitative estimate of drug-likeness (QED) is 0.636. The molecule has 1 aliphatic rings. The zero-order valence-corrected chi connectivity index (χ0v) is 17.2. The number of aromatic nitrogens is 5. The van der Waals surface area contributed by atoms with E-state index in [9.17, 15) is 4.79 Å². The van der Waals surface area contributed by atoms with Gasteiger partial charge in [-0.05, 0) is 52.2 Å². The van der Waals surface area contributed by atoms with Crippen LogP contribution in [0.2, 0.25) is 0 Å². The van der Waals surface area contributed by atoms with Crippen molar-refractivity contribution >= 4 is 23.2 Å². The van der Waals surface area contributed by atoms with Gasteiger partial charge in [0.15, 0.2) is 5.58 Å². The van der Waals surface area contributed by atoms with Gasteiger partial charge in [0.25, 0.3) is 6.01 Å². The first-order valence-electron chi connectivity index (χ1n) is 10.1. The molecule has 9 nitrogen and oxygen atoms in total. The highest BCUT2D eigenvalue weighted by Gasteiger charge is 2.27. The number of aryl methyl sites for hydroxylation is 4. The maximum atomic E-state index is 12.5. The Hall–Kier alpha value is -2.97. The molecule has 0 atom stereocenters. The number of rotatable bonds is 6. The van der Waals surface area contributed by atoms with E-state index in [0.717, 1.165) is 56.2 Å². The smallest absolute Gasteiger partial charge is 0.299 e. The van der Waals surface area contributed by atoms with Crippen LogP contribution in [0.25, 0.3) is 11.2 Å². The number of pyridine rings is 1. The summed E-state index contributed by atoms with van der Waals surface area (Å²) in [6.07, 6.45) is 2.42. The van der Waals surface area contributed by atoms with Crippen LogP contribution in [0.5, 0.6) is 0 Å². The van der Waals surface area contributed by atoms with Crippen molar-refractivity contribution in [3.63, 3.8) is 0 Å². The minimum Gasteiger partial charge on any atom is -0.422 e. The van der Waals surface area contributed by atoms with Crippen LogP contribution in [0, 0.1) is 26.7 Å². The maximum Gasteiger partial charge on any atom is 0.299 e. The van der Waals surface area contributed by atoms with Crippen molar-refractivity contribution < 1.29 is 9.21 Å². The molecule has 1 aliphatic heterocycles. The minimum atomic E-state index is 0.0337. The molecule has 0 aromatic carbocycles. The van der Waals surface area contributed by atoms with Gasteiger partial charge in [-0.2, -0.15) is 10.1 Å². The lowest BCUT2D eigenvalue weighted by atomic mass is 9.96. The number of nitrogens with zero attached hydrogens (tertiary/aromatic N) is 6. The number of carbonyl (C=O) groups excluding carboxylic acids is 1. The van der Waals surface area contributed by atoms with Crippen LogP contribution >= 0.6 is 0 Å². The van der Waals surface area contributed by atoms with Crippen LogP contribution in [0.4, 0.5) is 6.01 Å². The molecule has 0 saturated carbocycles. The van der Waals surface area contributed by atoms with Crippen LogP contribution in [-0.2, 0) is 11.3 Å². The molecule has 0 radical (unpaired) electrons. The Bertz CT molecular complexity index is 1000. The van der Waals surface area contributed by atoms with Gasteiger partial charge in [0, 0.05) is 37.8 Å². The number of oxazole rings is 1. The lowest BCUT2D eigenvalue weighted by Crippen LogP contribution is -2.41. The van der Waals surface area contributed by atoms with Gasteiger partial charge in [0.05, 0.1) is 0 Å². The third-order valence-electron chi connectivity index (χ3n) is 5.33. The number of hydrogen-bond donors (Lipinski definition) is 1. The van der Waals surface area contributed by atoms with Crippen LogP contribution in [0.3, 0.4) is 0 Å². The highest BCUT2D eigenvalue weighted by Crippen LogP contribution is 2.26. The van der Waals surface area contributed by atoms with Crippen molar-refractivity contribution in [3.05, 3.63) is 29.5 Å². The summed E-state index contributed by atoms with van der Waals surface area (Å²) in [5, 5.41) is 7.41. The maximum absolute atomic E-state index is 12.5. The molecule has 1 N–H and O–H groups in total. The molecule has 4 heterocycles. The second kappa shape index (κ2) is 8.18. The summed E-state index contributed by atoms with van der Waals surface area (Å²) in [5.41, 5.74) is 2.25. The average molecular weight is 397 g/mol. The Kier molecular flexibility index (Phi) is 5.46. The summed E-state index contributed by atoms with van der Waals surface area (Å²) in [4.78, 5) is 27.8. The fourth-order valence-electron chi connectivity index (χ4n) is 3.73. The second-order valence-electron chi connectivity index (χ2n) is 7.61. The molecule has 1 amide bonds. The molecule has 1 saturated heterocycles. The highest BCUT2D eigenvalue weighted by atomic mass is 16.4. The minimum absolute atomic E-state index is 0.0337. The Morgan fingerprint density at radius 1 is 1.17 bits per heavy atom. The predicted octanol–water partition coefficient (Wildman–Crippen LogP) is 2.16. The molecule has 29 heavy (non-hydrogen) atoms. The van der Waals surface area contributed by atoms with E-state index in [1.165, 1.54) is 0 Å².